The fourth-order valence-corrected chi connectivity index (χ4v) is 2.27. The van der Waals surface area contributed by atoms with Crippen molar-refractivity contribution < 1.29 is 4.74 Å². The number of nitrogens with one attached hydrogen (secondary N) is 1. The molecule has 0 aliphatic carbocycles. The highest BCUT2D eigenvalue weighted by Gasteiger charge is 2.17. The number of anilines is 1. The molecule has 2 heterocycles. The lowest BCUT2D eigenvalue weighted by molar-refractivity contribution is 0.0821. The van der Waals surface area contributed by atoms with Crippen LogP contribution in [-0.4, -0.2) is 37.8 Å². The predicted molar refractivity (Wildman–Crippen MR) is 69.2 cm³/mol. The Morgan fingerprint density at radius 3 is 3.29 bits per heavy atom. The van der Waals surface area contributed by atoms with Crippen LogP contribution in [0.15, 0.2) is 18.5 Å². The molecule has 0 amide bonds. The number of hydrogen-bond donors (Lipinski definition) is 1. The van der Waals surface area contributed by atoms with Crippen LogP contribution < -0.4 is 10.2 Å². The first-order chi connectivity index (χ1) is 8.31. The molecule has 1 aliphatic rings. The summed E-state index contributed by atoms with van der Waals surface area (Å²) >= 11 is 0. The minimum absolute atomic E-state index is 0.299. The first kappa shape index (κ1) is 12.3. The minimum atomic E-state index is 0.299. The second kappa shape index (κ2) is 5.98. The molecule has 4 nitrogen and oxygen atoms in total. The summed E-state index contributed by atoms with van der Waals surface area (Å²) in [4.78, 5) is 6.61. The quantitative estimate of drug-likeness (QED) is 0.859. The van der Waals surface area contributed by atoms with Gasteiger partial charge < -0.3 is 15.0 Å². The highest BCUT2D eigenvalue weighted by Crippen LogP contribution is 2.21. The Labute approximate surface area is 103 Å². The van der Waals surface area contributed by atoms with Crippen molar-refractivity contribution in [3.8, 4) is 0 Å². The third kappa shape index (κ3) is 3.17. The Kier molecular flexibility index (Phi) is 4.34. The molecule has 1 aromatic rings. The average Bonchev–Trinajstić information content (AvgIpc) is 2.55. The molecular weight excluding hydrogens is 214 g/mol. The van der Waals surface area contributed by atoms with Gasteiger partial charge in [0.05, 0.1) is 6.10 Å². The van der Waals surface area contributed by atoms with E-state index in [2.05, 4.69) is 28.2 Å². The maximum absolute atomic E-state index is 5.68. The van der Waals surface area contributed by atoms with Crippen LogP contribution in [-0.2, 0) is 11.3 Å². The van der Waals surface area contributed by atoms with Gasteiger partial charge in [-0.05, 0) is 26.5 Å². The molecule has 0 aromatic carbocycles. The summed E-state index contributed by atoms with van der Waals surface area (Å²) < 4.78 is 5.68. The van der Waals surface area contributed by atoms with Gasteiger partial charge in [-0.3, -0.25) is 4.98 Å². The molecule has 1 N–H and O–H groups in total. The van der Waals surface area contributed by atoms with Gasteiger partial charge >= 0.3 is 0 Å². The van der Waals surface area contributed by atoms with Crippen LogP contribution in [0.1, 0.15) is 18.9 Å². The van der Waals surface area contributed by atoms with Crippen LogP contribution in [0.4, 0.5) is 5.69 Å². The second-order valence-corrected chi connectivity index (χ2v) is 4.52. The number of ether oxygens (including phenoxy) is 1. The van der Waals surface area contributed by atoms with Crippen molar-refractivity contribution in [2.45, 2.75) is 26.0 Å². The van der Waals surface area contributed by atoms with Crippen LogP contribution in [0.3, 0.4) is 0 Å². The van der Waals surface area contributed by atoms with Crippen molar-refractivity contribution in [3.63, 3.8) is 0 Å². The van der Waals surface area contributed by atoms with E-state index < -0.39 is 0 Å². The lowest BCUT2D eigenvalue weighted by Crippen LogP contribution is -2.31. The molecule has 0 saturated carbocycles. The first-order valence-corrected chi connectivity index (χ1v) is 6.25. The summed E-state index contributed by atoms with van der Waals surface area (Å²) in [5.41, 5.74) is 2.54. The number of pyridine rings is 1. The van der Waals surface area contributed by atoms with E-state index in [4.69, 9.17) is 4.74 Å². The summed E-state index contributed by atoms with van der Waals surface area (Å²) in [6.07, 6.45) is 5.20. The van der Waals surface area contributed by atoms with E-state index in [0.717, 1.165) is 32.7 Å². The Balaban J connectivity index is 2.19. The maximum atomic E-state index is 5.68. The van der Waals surface area contributed by atoms with Gasteiger partial charge in [-0.1, -0.05) is 0 Å². The Hall–Kier alpha value is -1.13. The van der Waals surface area contributed by atoms with Crippen LogP contribution in [0.25, 0.3) is 0 Å². The van der Waals surface area contributed by atoms with Gasteiger partial charge in [0.2, 0.25) is 0 Å². The zero-order chi connectivity index (χ0) is 12.1. The van der Waals surface area contributed by atoms with Gasteiger partial charge in [0.1, 0.15) is 0 Å². The highest BCUT2D eigenvalue weighted by molar-refractivity contribution is 5.52. The Morgan fingerprint density at radius 1 is 1.59 bits per heavy atom. The third-order valence-corrected chi connectivity index (χ3v) is 3.04. The standard InChI is InChI=1S/C13H21N3O/c1-11-10-16(6-3-7-17-11)13-4-5-15-9-12(13)8-14-2/h4-5,9,11,14H,3,6-8,10H2,1-2H3. The molecule has 0 bridgehead atoms. The maximum Gasteiger partial charge on any atom is 0.0721 e. The summed E-state index contributed by atoms with van der Waals surface area (Å²) in [6, 6.07) is 2.10. The Bertz CT molecular complexity index is 356. The molecule has 1 aromatic heterocycles. The van der Waals surface area contributed by atoms with Gasteiger partial charge in [-0.25, -0.2) is 0 Å². The van der Waals surface area contributed by atoms with Crippen molar-refractivity contribution in [2.75, 3.05) is 31.6 Å². The van der Waals surface area contributed by atoms with Gasteiger partial charge in [0.15, 0.2) is 0 Å². The molecular formula is C13H21N3O. The van der Waals surface area contributed by atoms with E-state index in [9.17, 15) is 0 Å². The van der Waals surface area contributed by atoms with E-state index in [1.54, 1.807) is 0 Å². The fourth-order valence-electron chi connectivity index (χ4n) is 2.27. The van der Waals surface area contributed by atoms with E-state index >= 15 is 0 Å². The number of hydrogen-bond acceptors (Lipinski definition) is 4. The smallest absolute Gasteiger partial charge is 0.0721 e. The van der Waals surface area contributed by atoms with Crippen LogP contribution >= 0.6 is 0 Å². The second-order valence-electron chi connectivity index (χ2n) is 4.52. The van der Waals surface area contributed by atoms with Crippen LogP contribution in [0.5, 0.6) is 0 Å². The van der Waals surface area contributed by atoms with Gasteiger partial charge in [-0.2, -0.15) is 0 Å². The van der Waals surface area contributed by atoms with Gasteiger partial charge in [-0.15, -0.1) is 0 Å². The molecule has 0 spiro atoms. The summed E-state index contributed by atoms with van der Waals surface area (Å²) in [6.45, 7) is 5.88. The molecule has 4 heteroatoms. The summed E-state index contributed by atoms with van der Waals surface area (Å²) in [7, 11) is 1.96. The largest absolute Gasteiger partial charge is 0.377 e. The molecule has 1 aliphatic heterocycles. The molecule has 1 atom stereocenters. The molecule has 1 saturated heterocycles. The normalized spacial score (nSPS) is 21.3. The minimum Gasteiger partial charge on any atom is -0.377 e. The van der Waals surface area contributed by atoms with Crippen LogP contribution in [0, 0.1) is 0 Å². The third-order valence-electron chi connectivity index (χ3n) is 3.04. The molecule has 17 heavy (non-hydrogen) atoms. The van der Waals surface area contributed by atoms with Crippen molar-refractivity contribution in [2.24, 2.45) is 0 Å². The average molecular weight is 235 g/mol. The highest BCUT2D eigenvalue weighted by atomic mass is 16.5. The van der Waals surface area contributed by atoms with E-state index in [1.807, 2.05) is 19.4 Å². The lowest BCUT2D eigenvalue weighted by atomic mass is 10.2. The van der Waals surface area contributed by atoms with E-state index in [1.165, 1.54) is 11.3 Å². The van der Waals surface area contributed by atoms with Gasteiger partial charge in [0.25, 0.3) is 0 Å². The molecule has 0 radical (unpaired) electrons. The van der Waals surface area contributed by atoms with Crippen LogP contribution in [0.2, 0.25) is 0 Å². The molecule has 1 unspecified atom stereocenters. The fraction of sp³-hybridized carbons (Fsp3) is 0.615. The number of nitrogens with zero attached hydrogens (tertiary/aromatic N) is 2. The number of rotatable bonds is 3. The van der Waals surface area contributed by atoms with Gasteiger partial charge in [0, 0.05) is 49.9 Å². The molecule has 2 rings (SSSR count). The van der Waals surface area contributed by atoms with E-state index in [0.29, 0.717) is 6.10 Å². The van der Waals surface area contributed by atoms with Crippen molar-refractivity contribution in [3.05, 3.63) is 24.0 Å². The zero-order valence-electron chi connectivity index (χ0n) is 10.6. The van der Waals surface area contributed by atoms with Crippen molar-refractivity contribution >= 4 is 5.69 Å². The summed E-state index contributed by atoms with van der Waals surface area (Å²) in [5.74, 6) is 0. The van der Waals surface area contributed by atoms with E-state index in [-0.39, 0.29) is 0 Å². The topological polar surface area (TPSA) is 37.4 Å². The Morgan fingerprint density at radius 2 is 2.47 bits per heavy atom. The number of aromatic nitrogens is 1. The first-order valence-electron chi connectivity index (χ1n) is 6.25. The molecule has 1 fully saturated rings. The summed E-state index contributed by atoms with van der Waals surface area (Å²) in [5, 5.41) is 3.19. The zero-order valence-corrected chi connectivity index (χ0v) is 10.6. The lowest BCUT2D eigenvalue weighted by Gasteiger charge is -2.26. The predicted octanol–water partition coefficient (Wildman–Crippen LogP) is 1.42. The monoisotopic (exact) mass is 235 g/mol. The van der Waals surface area contributed by atoms with Crippen molar-refractivity contribution in [1.82, 2.24) is 10.3 Å². The SMILES string of the molecule is CNCc1cnccc1N1CCCOC(C)C1. The van der Waals surface area contributed by atoms with Crippen molar-refractivity contribution in [1.29, 1.82) is 0 Å². The molecule has 94 valence electrons.